The minimum absolute atomic E-state index is 0. The first kappa shape index (κ1) is 26.4. The predicted molar refractivity (Wildman–Crippen MR) is 17.6 cm³/mol. The molecular weight excluding hydrogens is 269 g/mol. The molecule has 55 valence electrons. The summed E-state index contributed by atoms with van der Waals surface area (Å²) < 4.78 is 0. The second kappa shape index (κ2) is 16.2. The molecule has 0 saturated carbocycles. The van der Waals surface area contributed by atoms with Gasteiger partial charge in [0.05, 0.1) is 5.09 Å². The molecule has 4 N–H and O–H groups in total. The Morgan fingerprint density at radius 1 is 1.14 bits per heavy atom. The van der Waals surface area contributed by atoms with Crippen LogP contribution in [0.25, 0.3) is 0 Å². The molecule has 7 heavy (non-hydrogen) atoms. The van der Waals surface area contributed by atoms with Crippen molar-refractivity contribution < 1.29 is 52.9 Å². The van der Waals surface area contributed by atoms with Crippen LogP contribution < -0.4 is 0 Å². The molecule has 1 radical (unpaired) electrons. The molecule has 0 fully saturated rings. The molecule has 0 heterocycles. The number of hydrogen-bond acceptors (Lipinski definition) is 3. The van der Waals surface area contributed by atoms with Crippen LogP contribution >= 0.6 is 0 Å². The van der Waals surface area contributed by atoms with E-state index >= 15 is 0 Å². The van der Waals surface area contributed by atoms with Crippen molar-refractivity contribution in [1.82, 2.24) is 0 Å². The first-order chi connectivity index (χ1) is 1.73. The van der Waals surface area contributed by atoms with Crippen molar-refractivity contribution in [2.24, 2.45) is 0 Å². The third-order valence-electron chi connectivity index (χ3n) is 0. The van der Waals surface area contributed by atoms with E-state index < -0.39 is 5.09 Å². The Morgan fingerprint density at radius 3 is 1.14 bits per heavy atom. The summed E-state index contributed by atoms with van der Waals surface area (Å²) in [7, 11) is 0. The predicted octanol–water partition coefficient (Wildman–Crippen LogP) is -1.89. The van der Waals surface area contributed by atoms with Crippen LogP contribution in [0.4, 0.5) is 0 Å². The van der Waals surface area contributed by atoms with Gasteiger partial charge in [-0.1, -0.05) is 0 Å². The van der Waals surface area contributed by atoms with E-state index in [-0.39, 0.29) is 47.8 Å². The van der Waals surface area contributed by atoms with Crippen molar-refractivity contribution in [3.63, 3.8) is 0 Å². The van der Waals surface area contributed by atoms with E-state index in [0.29, 0.717) is 0 Å². The van der Waals surface area contributed by atoms with Gasteiger partial charge in [-0.25, -0.2) is 0 Å². The molecular formula is H4LuNO5-. The third-order valence-corrected chi connectivity index (χ3v) is 0. The molecule has 0 amide bonds. The van der Waals surface area contributed by atoms with Crippen LogP contribution in [-0.4, -0.2) is 16.0 Å². The Balaban J connectivity index is -0.0000000150. The first-order valence-corrected chi connectivity index (χ1v) is 0.548. The normalized spacial score (nSPS) is 3.43. The summed E-state index contributed by atoms with van der Waals surface area (Å²) in [6.07, 6.45) is 0. The van der Waals surface area contributed by atoms with Crippen LogP contribution in [0.1, 0.15) is 0 Å². The second-order valence-corrected chi connectivity index (χ2v) is 0.224. The van der Waals surface area contributed by atoms with Crippen LogP contribution in [-0.2, 0) is 0 Å². The Labute approximate surface area is 68.0 Å². The molecule has 0 rings (SSSR count). The van der Waals surface area contributed by atoms with E-state index in [1.54, 1.807) is 0 Å². The number of nitrogens with zero attached hydrogens (tertiary/aromatic N) is 1. The van der Waals surface area contributed by atoms with Crippen molar-refractivity contribution in [3.05, 3.63) is 15.3 Å². The summed E-state index contributed by atoms with van der Waals surface area (Å²) in [6.45, 7) is 0. The summed E-state index contributed by atoms with van der Waals surface area (Å²) in [6, 6.07) is 0. The second-order valence-electron chi connectivity index (χ2n) is 0.224. The van der Waals surface area contributed by atoms with Crippen LogP contribution in [0.3, 0.4) is 0 Å². The van der Waals surface area contributed by atoms with Crippen molar-refractivity contribution in [2.45, 2.75) is 0 Å². The number of rotatable bonds is 0. The van der Waals surface area contributed by atoms with Gasteiger partial charge in [-0.05, 0) is 0 Å². The van der Waals surface area contributed by atoms with E-state index in [4.69, 9.17) is 15.3 Å². The third kappa shape index (κ3) is 962. The van der Waals surface area contributed by atoms with Gasteiger partial charge in [0.25, 0.3) is 0 Å². The molecule has 6 nitrogen and oxygen atoms in total. The standard InChI is InChI=1S/Lu.NO3.2H2O/c;2-1(3)4;;/h;;2*1H2/q;-1;;. The molecule has 0 aromatic rings. The zero-order chi connectivity index (χ0) is 3.58. The molecule has 0 aliphatic carbocycles. The van der Waals surface area contributed by atoms with Crippen molar-refractivity contribution in [2.75, 3.05) is 0 Å². The zero-order valence-corrected chi connectivity index (χ0v) is 4.59. The summed E-state index contributed by atoms with van der Waals surface area (Å²) in [5, 5.41) is 14.8. The summed E-state index contributed by atoms with van der Waals surface area (Å²) in [5.41, 5.74) is 0. The van der Waals surface area contributed by atoms with Crippen LogP contribution in [0.15, 0.2) is 0 Å². The first-order valence-electron chi connectivity index (χ1n) is 0.548. The molecule has 0 saturated heterocycles. The van der Waals surface area contributed by atoms with Crippen LogP contribution in [0.5, 0.6) is 0 Å². The van der Waals surface area contributed by atoms with E-state index in [9.17, 15) is 0 Å². The largest absolute Gasteiger partial charge is 0.412 e. The van der Waals surface area contributed by atoms with Gasteiger partial charge in [0.15, 0.2) is 0 Å². The van der Waals surface area contributed by atoms with E-state index in [0.717, 1.165) is 0 Å². The molecule has 0 aromatic heterocycles. The maximum absolute atomic E-state index is 8.25. The molecule has 7 heteroatoms. The van der Waals surface area contributed by atoms with Gasteiger partial charge in [0.2, 0.25) is 0 Å². The maximum atomic E-state index is 8.25. The molecule has 0 aliphatic heterocycles. The van der Waals surface area contributed by atoms with Gasteiger partial charge in [0, 0.05) is 36.9 Å². The molecule has 0 spiro atoms. The van der Waals surface area contributed by atoms with E-state index in [1.807, 2.05) is 0 Å². The molecule has 0 unspecified atom stereocenters. The van der Waals surface area contributed by atoms with E-state index in [2.05, 4.69) is 0 Å². The minimum Gasteiger partial charge on any atom is -0.412 e. The monoisotopic (exact) mass is 273 g/mol. The summed E-state index contributed by atoms with van der Waals surface area (Å²) in [4.78, 5) is 8.25. The SMILES string of the molecule is O.O.O=[N+]([O-])[O-].[Lu]. The van der Waals surface area contributed by atoms with Crippen molar-refractivity contribution in [3.8, 4) is 0 Å². The van der Waals surface area contributed by atoms with Crippen LogP contribution in [0, 0.1) is 52.2 Å². The van der Waals surface area contributed by atoms with Gasteiger partial charge in [0.1, 0.15) is 0 Å². The van der Waals surface area contributed by atoms with Gasteiger partial charge in [-0.15, -0.1) is 0 Å². The molecule has 0 atom stereocenters. The van der Waals surface area contributed by atoms with Crippen LogP contribution in [0.2, 0.25) is 0 Å². The zero-order valence-electron chi connectivity index (χ0n) is 2.93. The topological polar surface area (TPSA) is 129 Å². The van der Waals surface area contributed by atoms with Crippen molar-refractivity contribution in [1.29, 1.82) is 0 Å². The van der Waals surface area contributed by atoms with Gasteiger partial charge in [-0.2, -0.15) is 0 Å². The Kier molecular flexibility index (Phi) is 61.1. The summed E-state index contributed by atoms with van der Waals surface area (Å²) in [5.74, 6) is 0. The molecule has 0 aliphatic rings. The molecule has 0 aromatic carbocycles. The smallest absolute Gasteiger partial charge is 0.0689 e. The Morgan fingerprint density at radius 2 is 1.14 bits per heavy atom. The van der Waals surface area contributed by atoms with Gasteiger partial charge >= 0.3 is 0 Å². The van der Waals surface area contributed by atoms with Gasteiger partial charge in [-0.3, -0.25) is 0 Å². The van der Waals surface area contributed by atoms with E-state index in [1.165, 1.54) is 0 Å². The minimum atomic E-state index is -1.75. The quantitative estimate of drug-likeness (QED) is 0.377. The van der Waals surface area contributed by atoms with Crippen molar-refractivity contribution >= 4 is 0 Å². The fraction of sp³-hybridized carbons (Fsp3) is 0. The average molecular weight is 273 g/mol. The summed E-state index contributed by atoms with van der Waals surface area (Å²) >= 11 is 0. The maximum Gasteiger partial charge on any atom is 0.0689 e. The fourth-order valence-corrected chi connectivity index (χ4v) is 0. The fourth-order valence-electron chi connectivity index (χ4n) is 0. The Hall–Kier alpha value is 0.354. The average Bonchev–Trinajstić information content (AvgIpc) is 0.811. The Bertz CT molecular complexity index is 31.1. The molecule has 0 bridgehead atoms. The van der Waals surface area contributed by atoms with Gasteiger partial charge < -0.3 is 26.3 Å². The number of hydrogen-bond donors (Lipinski definition) is 0.